The summed E-state index contributed by atoms with van der Waals surface area (Å²) in [5, 5.41) is 0. The molecule has 2 heterocycles. The van der Waals surface area contributed by atoms with Crippen molar-refractivity contribution in [2.45, 2.75) is 58.2 Å². The summed E-state index contributed by atoms with van der Waals surface area (Å²) in [7, 11) is 0. The summed E-state index contributed by atoms with van der Waals surface area (Å²) >= 11 is 0. The Morgan fingerprint density at radius 1 is 1.37 bits per heavy atom. The van der Waals surface area contributed by atoms with Crippen molar-refractivity contribution < 1.29 is 14.3 Å². The Morgan fingerprint density at radius 3 is 2.53 bits per heavy atom. The van der Waals surface area contributed by atoms with E-state index >= 15 is 0 Å². The molecular weight excluding hydrogens is 242 g/mol. The van der Waals surface area contributed by atoms with Crippen LogP contribution >= 0.6 is 0 Å². The number of hydrogen-bond donors (Lipinski definition) is 0. The first-order valence-corrected chi connectivity index (χ1v) is 7.12. The Hall–Kier alpha value is -1.03. The van der Waals surface area contributed by atoms with E-state index in [1.807, 2.05) is 20.8 Å². The van der Waals surface area contributed by atoms with E-state index in [1.165, 1.54) is 5.57 Å². The zero-order valence-corrected chi connectivity index (χ0v) is 12.5. The van der Waals surface area contributed by atoms with Crippen molar-refractivity contribution in [1.29, 1.82) is 0 Å². The smallest absolute Gasteiger partial charge is 0.410 e. The minimum atomic E-state index is -0.427. The first kappa shape index (κ1) is 14.4. The highest BCUT2D eigenvalue weighted by Crippen LogP contribution is 2.36. The van der Waals surface area contributed by atoms with Gasteiger partial charge in [0.2, 0.25) is 0 Å². The van der Waals surface area contributed by atoms with Gasteiger partial charge in [0, 0.05) is 13.1 Å². The van der Waals surface area contributed by atoms with Crippen LogP contribution in [0.3, 0.4) is 0 Å². The maximum absolute atomic E-state index is 12.0. The monoisotopic (exact) mass is 267 g/mol. The van der Waals surface area contributed by atoms with Crippen LogP contribution in [0.25, 0.3) is 0 Å². The number of piperidine rings is 1. The van der Waals surface area contributed by atoms with Crippen molar-refractivity contribution in [2.24, 2.45) is 0 Å². The van der Waals surface area contributed by atoms with E-state index in [-0.39, 0.29) is 11.7 Å². The number of carbonyl (C=O) groups is 1. The van der Waals surface area contributed by atoms with Crippen LogP contribution in [-0.4, -0.2) is 41.9 Å². The van der Waals surface area contributed by atoms with Crippen molar-refractivity contribution in [3.8, 4) is 0 Å². The van der Waals surface area contributed by atoms with Crippen molar-refractivity contribution in [3.63, 3.8) is 0 Å². The molecule has 0 aliphatic carbocycles. The Kier molecular flexibility index (Phi) is 3.90. The number of ether oxygens (including phenoxy) is 2. The number of rotatable bonds is 0. The predicted octanol–water partition coefficient (Wildman–Crippen LogP) is 3.12. The summed E-state index contributed by atoms with van der Waals surface area (Å²) in [4.78, 5) is 13.8. The van der Waals surface area contributed by atoms with Gasteiger partial charge in [0.1, 0.15) is 5.60 Å². The third kappa shape index (κ3) is 3.30. The zero-order chi connectivity index (χ0) is 14.1. The minimum absolute atomic E-state index is 0.128. The van der Waals surface area contributed by atoms with E-state index in [4.69, 9.17) is 9.47 Å². The molecule has 2 rings (SSSR count). The van der Waals surface area contributed by atoms with E-state index in [2.05, 4.69) is 13.0 Å². The summed E-state index contributed by atoms with van der Waals surface area (Å²) in [6, 6.07) is 0. The lowest BCUT2D eigenvalue weighted by Gasteiger charge is -2.44. The molecule has 0 atom stereocenters. The summed E-state index contributed by atoms with van der Waals surface area (Å²) in [5.74, 6) is 0. The normalized spacial score (nSPS) is 23.2. The van der Waals surface area contributed by atoms with Gasteiger partial charge in [-0.2, -0.15) is 0 Å². The molecule has 2 aliphatic heterocycles. The van der Waals surface area contributed by atoms with E-state index < -0.39 is 5.60 Å². The molecule has 1 saturated heterocycles. The number of likely N-dealkylation sites (tertiary alicyclic amines) is 1. The average molecular weight is 267 g/mol. The van der Waals surface area contributed by atoms with Gasteiger partial charge >= 0.3 is 6.09 Å². The summed E-state index contributed by atoms with van der Waals surface area (Å²) < 4.78 is 11.4. The molecule has 0 saturated carbocycles. The van der Waals surface area contributed by atoms with Crippen LogP contribution in [0.4, 0.5) is 4.79 Å². The van der Waals surface area contributed by atoms with Gasteiger partial charge in [-0.15, -0.1) is 0 Å². The molecular formula is C15H25NO3. The lowest BCUT2D eigenvalue weighted by Crippen LogP contribution is -2.50. The van der Waals surface area contributed by atoms with Gasteiger partial charge < -0.3 is 14.4 Å². The second-order valence-electron chi connectivity index (χ2n) is 6.49. The number of amides is 1. The van der Waals surface area contributed by atoms with Crippen LogP contribution in [0.1, 0.15) is 47.0 Å². The highest BCUT2D eigenvalue weighted by molar-refractivity contribution is 5.68. The number of nitrogens with zero attached hydrogens (tertiary/aromatic N) is 1. The molecule has 108 valence electrons. The minimum Gasteiger partial charge on any atom is -0.444 e. The Bertz CT molecular complexity index is 373. The second kappa shape index (κ2) is 5.16. The van der Waals surface area contributed by atoms with Crippen LogP contribution in [0.15, 0.2) is 11.6 Å². The van der Waals surface area contributed by atoms with Crippen LogP contribution < -0.4 is 0 Å². The SMILES string of the molecule is CC1=CCCOC12CCN(C(=O)OC(C)(C)C)CC2. The Morgan fingerprint density at radius 2 is 2.00 bits per heavy atom. The molecule has 0 N–H and O–H groups in total. The molecule has 0 radical (unpaired) electrons. The summed E-state index contributed by atoms with van der Waals surface area (Å²) in [5.41, 5.74) is 0.766. The molecule has 1 amide bonds. The molecule has 4 nitrogen and oxygen atoms in total. The Labute approximate surface area is 115 Å². The summed E-state index contributed by atoms with van der Waals surface area (Å²) in [6.45, 7) is 10.0. The van der Waals surface area contributed by atoms with Crippen molar-refractivity contribution in [2.75, 3.05) is 19.7 Å². The quantitative estimate of drug-likeness (QED) is 0.633. The topological polar surface area (TPSA) is 38.8 Å². The van der Waals surface area contributed by atoms with E-state index in [1.54, 1.807) is 4.90 Å². The van der Waals surface area contributed by atoms with Crippen molar-refractivity contribution >= 4 is 6.09 Å². The fourth-order valence-corrected chi connectivity index (χ4v) is 2.75. The lowest BCUT2D eigenvalue weighted by atomic mass is 9.83. The van der Waals surface area contributed by atoms with Gasteiger partial charge in [0.15, 0.2) is 0 Å². The molecule has 2 aliphatic rings. The first-order chi connectivity index (χ1) is 8.82. The maximum atomic E-state index is 12.0. The Balaban J connectivity index is 1.94. The molecule has 1 fully saturated rings. The molecule has 0 aromatic rings. The largest absolute Gasteiger partial charge is 0.444 e. The predicted molar refractivity (Wildman–Crippen MR) is 74.1 cm³/mol. The van der Waals surface area contributed by atoms with Crippen LogP contribution in [-0.2, 0) is 9.47 Å². The van der Waals surface area contributed by atoms with Crippen LogP contribution in [0.5, 0.6) is 0 Å². The van der Waals surface area contributed by atoms with Gasteiger partial charge in [0.25, 0.3) is 0 Å². The van der Waals surface area contributed by atoms with Gasteiger partial charge in [-0.25, -0.2) is 4.79 Å². The second-order valence-corrected chi connectivity index (χ2v) is 6.49. The molecule has 0 unspecified atom stereocenters. The average Bonchev–Trinajstić information content (AvgIpc) is 2.32. The third-order valence-corrected chi connectivity index (χ3v) is 3.89. The highest BCUT2D eigenvalue weighted by Gasteiger charge is 2.40. The lowest BCUT2D eigenvalue weighted by molar-refractivity contribution is -0.0657. The zero-order valence-electron chi connectivity index (χ0n) is 12.5. The molecule has 0 aromatic heterocycles. The highest BCUT2D eigenvalue weighted by atomic mass is 16.6. The van der Waals surface area contributed by atoms with E-state index in [0.717, 1.165) is 25.9 Å². The standard InChI is InChI=1S/C15H25NO3/c1-12-6-5-11-18-15(12)7-9-16(10-8-15)13(17)19-14(2,3)4/h6H,5,7-11H2,1-4H3. The molecule has 0 aromatic carbocycles. The molecule has 0 bridgehead atoms. The molecule has 19 heavy (non-hydrogen) atoms. The van der Waals surface area contributed by atoms with Crippen LogP contribution in [0, 0.1) is 0 Å². The van der Waals surface area contributed by atoms with Crippen LogP contribution in [0.2, 0.25) is 0 Å². The third-order valence-electron chi connectivity index (χ3n) is 3.89. The first-order valence-electron chi connectivity index (χ1n) is 7.12. The van der Waals surface area contributed by atoms with Gasteiger partial charge in [-0.3, -0.25) is 0 Å². The van der Waals surface area contributed by atoms with Crippen molar-refractivity contribution in [1.82, 2.24) is 4.90 Å². The van der Waals surface area contributed by atoms with Gasteiger partial charge in [0.05, 0.1) is 12.2 Å². The number of hydrogen-bond acceptors (Lipinski definition) is 3. The number of carbonyl (C=O) groups excluding carboxylic acids is 1. The molecule has 1 spiro atoms. The maximum Gasteiger partial charge on any atom is 0.410 e. The molecule has 4 heteroatoms. The van der Waals surface area contributed by atoms with Crippen molar-refractivity contribution in [3.05, 3.63) is 11.6 Å². The fraction of sp³-hybridized carbons (Fsp3) is 0.800. The van der Waals surface area contributed by atoms with E-state index in [0.29, 0.717) is 13.1 Å². The summed E-state index contributed by atoms with van der Waals surface area (Å²) in [6.07, 6.45) is 4.80. The van der Waals surface area contributed by atoms with E-state index in [9.17, 15) is 4.79 Å². The van der Waals surface area contributed by atoms with Gasteiger partial charge in [-0.05, 0) is 52.5 Å². The fourth-order valence-electron chi connectivity index (χ4n) is 2.75. The van der Waals surface area contributed by atoms with Gasteiger partial charge in [-0.1, -0.05) is 6.08 Å².